The number of aliphatic hydroxyl groups is 22. The Balaban J connectivity index is 1.13. The lowest BCUT2D eigenvalue weighted by atomic mass is 9.88. The number of nitrogens with one attached hydrogen (secondary N) is 2. The van der Waals surface area contributed by atoms with E-state index in [0.717, 1.165) is 13.8 Å². The molecule has 7 saturated heterocycles. The molecule has 0 saturated carbocycles. The van der Waals surface area contributed by atoms with E-state index >= 15 is 0 Å². The first kappa shape index (κ1) is 74.4. The molecule has 7 aliphatic rings. The van der Waals surface area contributed by atoms with Crippen molar-refractivity contribution < 1.29 is 193 Å². The summed E-state index contributed by atoms with van der Waals surface area (Å²) in [6.07, 6.45) is -69.6. The third-order valence-electron chi connectivity index (χ3n) is 16.3. The minimum absolute atomic E-state index is 0.812. The van der Waals surface area contributed by atoms with Gasteiger partial charge in [0, 0.05) is 20.3 Å². The van der Waals surface area contributed by atoms with Gasteiger partial charge in [0.15, 0.2) is 37.7 Å². The molecule has 0 spiro atoms. The molecule has 0 aromatic carbocycles. The molecule has 7 heterocycles. The van der Waals surface area contributed by atoms with Gasteiger partial charge < -0.3 is 190 Å². The maximum absolute atomic E-state index is 12.9. The Bertz CT molecular complexity index is 2290. The van der Waals surface area contributed by atoms with E-state index in [1.807, 2.05) is 0 Å². The minimum Gasteiger partial charge on any atom is -0.477 e. The van der Waals surface area contributed by atoms with E-state index in [-0.39, 0.29) is 0 Å². The molecule has 7 aliphatic heterocycles. The predicted molar refractivity (Wildman–Crippen MR) is 272 cm³/mol. The van der Waals surface area contributed by atoms with Gasteiger partial charge in [-0.25, -0.2) is 4.79 Å². The fourth-order valence-electron chi connectivity index (χ4n) is 11.3. The fraction of sp³-hybridized carbons (Fsp3) is 0.939. The van der Waals surface area contributed by atoms with Gasteiger partial charge in [-0.15, -0.1) is 0 Å². The molecule has 41 nitrogen and oxygen atoms in total. The Morgan fingerprint density at radius 1 is 0.456 bits per heavy atom. The summed E-state index contributed by atoms with van der Waals surface area (Å²) < 4.78 is 74.2. The van der Waals surface area contributed by atoms with Crippen LogP contribution in [0.25, 0.3) is 0 Å². The van der Waals surface area contributed by atoms with Crippen LogP contribution in [-0.2, 0) is 76.0 Å². The van der Waals surface area contributed by atoms with Crippen molar-refractivity contribution in [1.82, 2.24) is 10.6 Å². The van der Waals surface area contributed by atoms with Gasteiger partial charge in [-0.3, -0.25) is 9.59 Å². The van der Waals surface area contributed by atoms with Gasteiger partial charge in [0.2, 0.25) is 11.8 Å². The van der Waals surface area contributed by atoms with Crippen LogP contribution in [0.2, 0.25) is 0 Å². The molecule has 41 heteroatoms. The van der Waals surface area contributed by atoms with Gasteiger partial charge in [0.1, 0.15) is 165 Å². The number of rotatable bonds is 24. The molecule has 0 aromatic heterocycles. The Kier molecular flexibility index (Phi) is 26.2. The van der Waals surface area contributed by atoms with E-state index in [1.54, 1.807) is 0 Å². The zero-order valence-electron chi connectivity index (χ0n) is 47.7. The number of carbonyl (C=O) groups is 3. The number of carboxylic acid groups (broad SMARTS) is 1. The Labute approximate surface area is 508 Å². The molecule has 522 valence electrons. The van der Waals surface area contributed by atoms with E-state index in [9.17, 15) is 132 Å². The lowest BCUT2D eigenvalue weighted by Crippen LogP contribution is -2.70. The Morgan fingerprint density at radius 2 is 0.900 bits per heavy atom. The smallest absolute Gasteiger partial charge is 0.364 e. The second kappa shape index (κ2) is 31.7. The summed E-state index contributed by atoms with van der Waals surface area (Å²) >= 11 is 0. The van der Waals surface area contributed by atoms with E-state index in [4.69, 9.17) is 61.6 Å². The number of hydrogen-bond donors (Lipinski definition) is 25. The van der Waals surface area contributed by atoms with Crippen LogP contribution in [0.5, 0.6) is 0 Å². The largest absolute Gasteiger partial charge is 0.477 e. The lowest BCUT2D eigenvalue weighted by molar-refractivity contribution is -0.397. The van der Waals surface area contributed by atoms with Crippen molar-refractivity contribution in [2.45, 2.75) is 241 Å². The molecule has 7 rings (SSSR count). The highest BCUT2D eigenvalue weighted by Crippen LogP contribution is 2.39. The van der Waals surface area contributed by atoms with Crippen molar-refractivity contribution >= 4 is 17.8 Å². The average Bonchev–Trinajstić information content (AvgIpc) is 0.799. The first-order valence-electron chi connectivity index (χ1n) is 28.3. The Hall–Kier alpha value is -2.99. The van der Waals surface area contributed by atoms with Crippen molar-refractivity contribution in [1.29, 1.82) is 0 Å². The van der Waals surface area contributed by atoms with Gasteiger partial charge in [-0.1, -0.05) is 0 Å². The average molecular weight is 1320 g/mol. The molecule has 36 atom stereocenters. The molecule has 0 bridgehead atoms. The quantitative estimate of drug-likeness (QED) is 0.0427. The van der Waals surface area contributed by atoms with Crippen LogP contribution < -0.4 is 10.6 Å². The number of ether oxygens (including phenoxy) is 13. The highest BCUT2D eigenvalue weighted by molar-refractivity contribution is 5.76. The van der Waals surface area contributed by atoms with Crippen molar-refractivity contribution in [3.8, 4) is 0 Å². The topological polar surface area (TPSA) is 661 Å². The first-order chi connectivity index (χ1) is 42.4. The van der Waals surface area contributed by atoms with Crippen LogP contribution in [0.15, 0.2) is 0 Å². The van der Waals surface area contributed by atoms with Crippen molar-refractivity contribution in [2.75, 3.05) is 46.2 Å². The number of carbonyl (C=O) groups excluding carboxylic acids is 2. The number of amides is 2. The van der Waals surface area contributed by atoms with Crippen LogP contribution in [0.4, 0.5) is 0 Å². The normalized spacial score (nSPS) is 48.5. The molecule has 90 heavy (non-hydrogen) atoms. The molecule has 1 unspecified atom stereocenters. The van der Waals surface area contributed by atoms with Crippen LogP contribution in [0, 0.1) is 0 Å². The number of aliphatic carboxylic acids is 1. The monoisotopic (exact) mass is 1320 g/mol. The third kappa shape index (κ3) is 15.9. The van der Waals surface area contributed by atoms with Gasteiger partial charge >= 0.3 is 5.97 Å². The zero-order chi connectivity index (χ0) is 66.7. The van der Waals surface area contributed by atoms with E-state index in [1.165, 1.54) is 0 Å². The summed E-state index contributed by atoms with van der Waals surface area (Å²) in [6.45, 7) is -5.57. The summed E-state index contributed by atoms with van der Waals surface area (Å²) in [5, 5.41) is 252. The molecular weight excluding hydrogens is 1240 g/mol. The number of hydrogen-bond acceptors (Lipinski definition) is 38. The second-order valence-electron chi connectivity index (χ2n) is 22.5. The molecular formula is C49H82N2O39. The highest BCUT2D eigenvalue weighted by Gasteiger charge is 2.60. The molecule has 2 amide bonds. The zero-order valence-corrected chi connectivity index (χ0v) is 47.7. The fourth-order valence-corrected chi connectivity index (χ4v) is 11.3. The predicted octanol–water partition coefficient (Wildman–Crippen LogP) is -16.8. The van der Waals surface area contributed by atoms with Crippen LogP contribution in [0.1, 0.15) is 20.3 Å². The molecule has 7 fully saturated rings. The van der Waals surface area contributed by atoms with Crippen LogP contribution in [-0.4, -0.2) is 402 Å². The molecule has 0 aliphatic carbocycles. The van der Waals surface area contributed by atoms with Crippen LogP contribution in [0.3, 0.4) is 0 Å². The maximum Gasteiger partial charge on any atom is 0.364 e. The molecule has 25 N–H and O–H groups in total. The number of carboxylic acids is 1. The molecule has 0 radical (unpaired) electrons. The van der Waals surface area contributed by atoms with E-state index < -0.39 is 291 Å². The highest BCUT2D eigenvalue weighted by atomic mass is 16.8. The van der Waals surface area contributed by atoms with Gasteiger partial charge in [0.25, 0.3) is 5.79 Å². The van der Waals surface area contributed by atoms with Crippen molar-refractivity contribution in [3.05, 3.63) is 0 Å². The first-order valence-corrected chi connectivity index (χ1v) is 28.3. The lowest BCUT2D eigenvalue weighted by Gasteiger charge is -2.50. The van der Waals surface area contributed by atoms with Gasteiger partial charge in [-0.05, 0) is 0 Å². The summed E-state index contributed by atoms with van der Waals surface area (Å²) in [6, 6.07) is -3.60. The number of aliphatic hydroxyl groups excluding tert-OH is 22. The minimum atomic E-state index is -3.03. The van der Waals surface area contributed by atoms with Gasteiger partial charge in [-0.2, -0.15) is 0 Å². The standard InChI is InChI=1S/C49H82N2O39/c1-11(57)50-21-13(59)3-49(48(76)77,90-39(21)23(61)14(60)4-52)79-10-20-26(64)30(68)35(73)45(85-20)86-37-18(8-56)83-43(22(28(37)66)51-12(2)58)89-41-31(69)25(63)16(6-54)82-47(41)88-40-27(65)19(9-78-44-34(72)29(67)24(62)15(5-53)81-44)84-46(36(40)74)87-38-17(7-55)80-42(75)33(71)32(38)70/h13-47,52-56,59-75H,3-10H2,1-2H3,(H,50,57)(H,51,58)(H,76,77)/t13-,14+,15+,16+,17+,18+,19+,20+,21+,22+,23+,24+,25+,26-,27+,28+,29-,30-,31-,32+,33+,34-,35+,36-,37+,38+,39+,40-,41-,42?,43-,44-,45-,46-,47+,49+/m0/s1. The summed E-state index contributed by atoms with van der Waals surface area (Å²) in [4.78, 5) is 37.7. The second-order valence-corrected chi connectivity index (χ2v) is 22.5. The summed E-state index contributed by atoms with van der Waals surface area (Å²) in [5.41, 5.74) is 0. The van der Waals surface area contributed by atoms with Crippen molar-refractivity contribution in [3.63, 3.8) is 0 Å². The van der Waals surface area contributed by atoms with Crippen LogP contribution >= 0.6 is 0 Å². The summed E-state index contributed by atoms with van der Waals surface area (Å²) in [7, 11) is 0. The maximum atomic E-state index is 12.9. The van der Waals surface area contributed by atoms with Gasteiger partial charge in [0.05, 0.1) is 58.4 Å². The van der Waals surface area contributed by atoms with E-state index in [0.29, 0.717) is 0 Å². The SMILES string of the molecule is CC(=O)N[C@H]1[C@H](O[C@@H]2[C@@H](O[C@@H]3[C@H](O)[C@H](O[C@H]4[C@H](O)[C@@H](O)C(O)O[C@@H]4CO)O[C@H](CO[C@H]4O[C@H](CO)[C@@H](O)[C@H](O)[C@@H]4O)[C@H]3O)O[C@H](CO)[C@@H](O)[C@@H]2O)O[C@H](CO)[C@@H](O[C@@H]2O[C@H](CO[C@]3(C(=O)O)C[C@H](O)[C@@H](NC(C)=O)[C@H]([C@H](O)[C@H](O)CO)O3)[C@H](O)[C@H](O)[C@H]2O)[C@@H]1O. The third-order valence-corrected chi connectivity index (χ3v) is 16.3. The Morgan fingerprint density at radius 3 is 1.46 bits per heavy atom. The molecule has 0 aromatic rings. The summed E-state index contributed by atoms with van der Waals surface area (Å²) in [5.74, 6) is -6.82. The van der Waals surface area contributed by atoms with E-state index in [2.05, 4.69) is 10.6 Å². The van der Waals surface area contributed by atoms with Crippen molar-refractivity contribution in [2.24, 2.45) is 0 Å².